The third-order valence-electron chi connectivity index (χ3n) is 2.67. The van der Waals surface area contributed by atoms with E-state index in [0.29, 0.717) is 22.8 Å². The van der Waals surface area contributed by atoms with Crippen LogP contribution in [0, 0.1) is 0 Å². The molecular formula is C15H18O5. The Morgan fingerprint density at radius 2 is 1.75 bits per heavy atom. The van der Waals surface area contributed by atoms with Gasteiger partial charge in [-0.25, -0.2) is 4.79 Å². The summed E-state index contributed by atoms with van der Waals surface area (Å²) in [6.07, 6.45) is 3.36. The Balaban J connectivity index is 3.34. The molecule has 0 fully saturated rings. The van der Waals surface area contributed by atoms with E-state index in [1.165, 1.54) is 27.4 Å². The molecule has 0 bridgehead atoms. The minimum atomic E-state index is -0.987. The molecule has 1 N–H and O–H groups in total. The molecule has 0 heterocycles. The minimum Gasteiger partial charge on any atom is -0.493 e. The van der Waals surface area contributed by atoms with Crippen LogP contribution in [0.3, 0.4) is 0 Å². The van der Waals surface area contributed by atoms with Gasteiger partial charge in [0.1, 0.15) is 0 Å². The number of carboxylic acids is 1. The topological polar surface area (TPSA) is 65.0 Å². The maximum Gasteiger partial charge on any atom is 0.331 e. The summed E-state index contributed by atoms with van der Waals surface area (Å²) in [5.41, 5.74) is 0.882. The molecule has 0 saturated heterocycles. The Bertz CT molecular complexity index is 506. The van der Waals surface area contributed by atoms with Gasteiger partial charge in [0.15, 0.2) is 11.5 Å². The van der Waals surface area contributed by atoms with Gasteiger partial charge in [0.2, 0.25) is 5.75 Å². The Morgan fingerprint density at radius 3 is 2.10 bits per heavy atom. The van der Waals surface area contributed by atoms with Gasteiger partial charge in [-0.1, -0.05) is 6.08 Å². The maximum atomic E-state index is 11.1. The van der Waals surface area contributed by atoms with Crippen LogP contribution in [0.4, 0.5) is 0 Å². The molecule has 0 atom stereocenters. The lowest BCUT2D eigenvalue weighted by molar-refractivity contribution is -0.132. The molecular weight excluding hydrogens is 260 g/mol. The second-order valence-corrected chi connectivity index (χ2v) is 3.93. The van der Waals surface area contributed by atoms with Crippen molar-refractivity contribution in [2.45, 2.75) is 6.42 Å². The van der Waals surface area contributed by atoms with Crippen LogP contribution in [0.1, 0.15) is 12.0 Å². The van der Waals surface area contributed by atoms with Gasteiger partial charge in [0, 0.05) is 5.57 Å². The molecule has 108 valence electrons. The first-order valence-corrected chi connectivity index (χ1v) is 5.92. The van der Waals surface area contributed by atoms with E-state index in [-0.39, 0.29) is 12.0 Å². The molecule has 0 aliphatic carbocycles. The monoisotopic (exact) mass is 278 g/mol. The zero-order valence-corrected chi connectivity index (χ0v) is 11.8. The summed E-state index contributed by atoms with van der Waals surface area (Å²) in [4.78, 5) is 11.1. The van der Waals surface area contributed by atoms with E-state index in [1.54, 1.807) is 18.2 Å². The van der Waals surface area contributed by atoms with Crippen molar-refractivity contribution < 1.29 is 24.1 Å². The van der Waals surface area contributed by atoms with Gasteiger partial charge in [-0.15, -0.1) is 6.58 Å². The fourth-order valence-electron chi connectivity index (χ4n) is 1.75. The smallest absolute Gasteiger partial charge is 0.331 e. The highest BCUT2D eigenvalue weighted by Crippen LogP contribution is 2.38. The molecule has 0 aliphatic heterocycles. The first kappa shape index (κ1) is 15.6. The number of ether oxygens (including phenoxy) is 3. The Morgan fingerprint density at radius 1 is 1.20 bits per heavy atom. The van der Waals surface area contributed by atoms with Crippen molar-refractivity contribution >= 4 is 12.0 Å². The molecule has 1 rings (SSSR count). The van der Waals surface area contributed by atoms with Crippen molar-refractivity contribution in [2.24, 2.45) is 0 Å². The SMILES string of the molecule is C=CC/C(=C/c1cc(OC)c(OC)c(OC)c1)C(=O)O. The van der Waals surface area contributed by atoms with Gasteiger partial charge in [-0.3, -0.25) is 0 Å². The Hall–Kier alpha value is -2.43. The molecule has 5 nitrogen and oxygen atoms in total. The molecule has 0 spiro atoms. The van der Waals surface area contributed by atoms with Gasteiger partial charge in [0.05, 0.1) is 21.3 Å². The van der Waals surface area contributed by atoms with Crippen LogP contribution in [0.5, 0.6) is 17.2 Å². The first-order valence-electron chi connectivity index (χ1n) is 5.92. The Labute approximate surface area is 118 Å². The lowest BCUT2D eigenvalue weighted by Crippen LogP contribution is -2.00. The van der Waals surface area contributed by atoms with Crippen LogP contribution in [0.15, 0.2) is 30.4 Å². The third kappa shape index (κ3) is 3.54. The van der Waals surface area contributed by atoms with E-state index in [9.17, 15) is 4.79 Å². The fourth-order valence-corrected chi connectivity index (χ4v) is 1.75. The zero-order chi connectivity index (χ0) is 15.1. The molecule has 0 amide bonds. The highest BCUT2D eigenvalue weighted by atomic mass is 16.5. The second kappa shape index (κ2) is 7.23. The van der Waals surface area contributed by atoms with Crippen LogP contribution in [-0.4, -0.2) is 32.4 Å². The maximum absolute atomic E-state index is 11.1. The van der Waals surface area contributed by atoms with E-state index >= 15 is 0 Å². The number of allylic oxidation sites excluding steroid dienone is 1. The van der Waals surface area contributed by atoms with E-state index in [2.05, 4.69) is 6.58 Å². The number of methoxy groups -OCH3 is 3. The number of benzene rings is 1. The van der Waals surface area contributed by atoms with Gasteiger partial charge in [0.25, 0.3) is 0 Å². The van der Waals surface area contributed by atoms with E-state index in [0.717, 1.165) is 0 Å². The minimum absolute atomic E-state index is 0.231. The summed E-state index contributed by atoms with van der Waals surface area (Å²) in [5.74, 6) is 0.425. The molecule has 0 aliphatic rings. The van der Waals surface area contributed by atoms with Crippen molar-refractivity contribution in [3.63, 3.8) is 0 Å². The summed E-state index contributed by atoms with van der Waals surface area (Å²) in [6.45, 7) is 3.55. The van der Waals surface area contributed by atoms with Crippen molar-refractivity contribution in [2.75, 3.05) is 21.3 Å². The number of hydrogen-bond donors (Lipinski definition) is 1. The summed E-state index contributed by atoms with van der Waals surface area (Å²) >= 11 is 0. The average molecular weight is 278 g/mol. The zero-order valence-electron chi connectivity index (χ0n) is 11.8. The summed E-state index contributed by atoms with van der Waals surface area (Å²) in [6, 6.07) is 3.38. The Kier molecular flexibility index (Phi) is 5.65. The predicted molar refractivity (Wildman–Crippen MR) is 76.5 cm³/mol. The highest BCUT2D eigenvalue weighted by Gasteiger charge is 2.13. The lowest BCUT2D eigenvalue weighted by atomic mass is 10.1. The van der Waals surface area contributed by atoms with Crippen molar-refractivity contribution in [1.82, 2.24) is 0 Å². The summed E-state index contributed by atoms with van der Waals surface area (Å²) in [5, 5.41) is 9.12. The van der Waals surface area contributed by atoms with Gasteiger partial charge < -0.3 is 19.3 Å². The van der Waals surface area contributed by atoms with Crippen molar-refractivity contribution in [1.29, 1.82) is 0 Å². The van der Waals surface area contributed by atoms with Gasteiger partial charge in [-0.05, 0) is 30.2 Å². The number of carbonyl (C=O) groups is 1. The average Bonchev–Trinajstić information content (AvgIpc) is 2.45. The largest absolute Gasteiger partial charge is 0.493 e. The van der Waals surface area contributed by atoms with Crippen LogP contribution < -0.4 is 14.2 Å². The normalized spacial score (nSPS) is 10.8. The molecule has 1 aromatic rings. The molecule has 0 unspecified atom stereocenters. The third-order valence-corrected chi connectivity index (χ3v) is 2.67. The van der Waals surface area contributed by atoms with Gasteiger partial charge in [-0.2, -0.15) is 0 Å². The highest BCUT2D eigenvalue weighted by molar-refractivity contribution is 5.92. The summed E-state index contributed by atoms with van der Waals surface area (Å²) < 4.78 is 15.6. The molecule has 5 heteroatoms. The van der Waals surface area contributed by atoms with Crippen LogP contribution in [0.2, 0.25) is 0 Å². The van der Waals surface area contributed by atoms with Crippen LogP contribution in [0.25, 0.3) is 6.08 Å². The van der Waals surface area contributed by atoms with E-state index in [1.807, 2.05) is 0 Å². The second-order valence-electron chi connectivity index (χ2n) is 3.93. The predicted octanol–water partition coefficient (Wildman–Crippen LogP) is 2.76. The number of aliphatic carboxylic acids is 1. The first-order chi connectivity index (χ1) is 9.57. The number of rotatable bonds is 7. The molecule has 0 radical (unpaired) electrons. The molecule has 1 aromatic carbocycles. The summed E-state index contributed by atoms with van der Waals surface area (Å²) in [7, 11) is 4.52. The molecule has 0 aromatic heterocycles. The van der Waals surface area contributed by atoms with Crippen LogP contribution in [-0.2, 0) is 4.79 Å². The number of carboxylic acid groups (broad SMARTS) is 1. The quantitative estimate of drug-likeness (QED) is 0.613. The number of hydrogen-bond acceptors (Lipinski definition) is 4. The standard InChI is InChI=1S/C15H18O5/c1-5-6-11(15(16)17)7-10-8-12(18-2)14(20-4)13(9-10)19-3/h5,7-9H,1,6H2,2-4H3,(H,16,17)/b11-7-. The lowest BCUT2D eigenvalue weighted by Gasteiger charge is -2.13. The van der Waals surface area contributed by atoms with Crippen molar-refractivity contribution in [3.05, 3.63) is 35.9 Å². The van der Waals surface area contributed by atoms with Crippen molar-refractivity contribution in [3.8, 4) is 17.2 Å². The molecule has 20 heavy (non-hydrogen) atoms. The van der Waals surface area contributed by atoms with Crippen LogP contribution >= 0.6 is 0 Å². The van der Waals surface area contributed by atoms with Gasteiger partial charge >= 0.3 is 5.97 Å². The fraction of sp³-hybridized carbons (Fsp3) is 0.267. The molecule has 0 saturated carbocycles. The van der Waals surface area contributed by atoms with E-state index < -0.39 is 5.97 Å². The van der Waals surface area contributed by atoms with E-state index in [4.69, 9.17) is 19.3 Å².